The van der Waals surface area contributed by atoms with Crippen molar-refractivity contribution in [3.05, 3.63) is 68.8 Å². The highest BCUT2D eigenvalue weighted by atomic mass is 35.5. The van der Waals surface area contributed by atoms with Gasteiger partial charge in [0.05, 0.1) is 11.4 Å². The summed E-state index contributed by atoms with van der Waals surface area (Å²) in [5.74, 6) is -0.354. The molecule has 116 valence electrons. The molecule has 0 atom stereocenters. The Hall–Kier alpha value is -1.82. The van der Waals surface area contributed by atoms with Crippen LogP contribution >= 0.6 is 35.0 Å². The van der Waals surface area contributed by atoms with Gasteiger partial charge in [-0.25, -0.2) is 0 Å². The fourth-order valence-corrected chi connectivity index (χ4v) is 3.44. The molecule has 1 aliphatic rings. The molecule has 2 amide bonds. The van der Waals surface area contributed by atoms with Crippen LogP contribution in [0.5, 0.6) is 0 Å². The van der Waals surface area contributed by atoms with Gasteiger partial charge in [-0.1, -0.05) is 29.3 Å². The van der Waals surface area contributed by atoms with Crippen molar-refractivity contribution in [2.75, 3.05) is 0 Å². The summed E-state index contributed by atoms with van der Waals surface area (Å²) >= 11 is 13.1. The van der Waals surface area contributed by atoms with E-state index in [1.54, 1.807) is 48.8 Å². The van der Waals surface area contributed by atoms with Crippen LogP contribution in [0.2, 0.25) is 10.0 Å². The van der Waals surface area contributed by atoms with Gasteiger partial charge < -0.3 is 0 Å². The minimum atomic E-state index is -0.354. The molecule has 1 aromatic heterocycles. The summed E-state index contributed by atoms with van der Waals surface area (Å²) in [7, 11) is 0. The van der Waals surface area contributed by atoms with E-state index in [0.29, 0.717) is 20.5 Å². The molecule has 0 radical (unpaired) electrons. The number of benzene rings is 1. The zero-order valence-corrected chi connectivity index (χ0v) is 14.0. The number of nitrogens with zero attached hydrogens (tertiary/aromatic N) is 2. The number of rotatable bonds is 3. The van der Waals surface area contributed by atoms with Gasteiger partial charge in [-0.3, -0.25) is 19.5 Å². The standard InChI is InChI=1S/C16H10Cl2N2O2S/c17-12-2-1-3-13(18)11(12)9-20-15(21)14(23-16(20)22)8-10-4-6-19-7-5-10/h1-8H,9H2/b14-8-. The van der Waals surface area contributed by atoms with E-state index in [9.17, 15) is 9.59 Å². The lowest BCUT2D eigenvalue weighted by atomic mass is 10.2. The molecule has 1 saturated heterocycles. The van der Waals surface area contributed by atoms with E-state index < -0.39 is 0 Å². The van der Waals surface area contributed by atoms with Crippen molar-refractivity contribution in [1.82, 2.24) is 9.88 Å². The number of carbonyl (C=O) groups excluding carboxylic acids is 2. The number of amides is 2. The van der Waals surface area contributed by atoms with E-state index in [1.807, 2.05) is 0 Å². The van der Waals surface area contributed by atoms with E-state index in [1.165, 1.54) is 0 Å². The molecule has 1 aromatic carbocycles. The van der Waals surface area contributed by atoms with Gasteiger partial charge in [-0.15, -0.1) is 0 Å². The molecule has 4 nitrogen and oxygen atoms in total. The molecule has 0 saturated carbocycles. The third kappa shape index (κ3) is 3.42. The average molecular weight is 365 g/mol. The maximum absolute atomic E-state index is 12.5. The zero-order chi connectivity index (χ0) is 16.4. The fraction of sp³-hybridized carbons (Fsp3) is 0.0625. The summed E-state index contributed by atoms with van der Waals surface area (Å²) in [6.07, 6.45) is 4.92. The number of imide groups is 1. The van der Waals surface area contributed by atoms with Crippen molar-refractivity contribution in [1.29, 1.82) is 0 Å². The highest BCUT2D eigenvalue weighted by Gasteiger charge is 2.35. The van der Waals surface area contributed by atoms with Crippen LogP contribution in [0.25, 0.3) is 6.08 Å². The number of carbonyl (C=O) groups is 2. The number of pyridine rings is 1. The molecule has 0 aliphatic carbocycles. The topological polar surface area (TPSA) is 50.3 Å². The minimum Gasteiger partial charge on any atom is -0.268 e. The predicted octanol–water partition coefficient (Wildman–Crippen LogP) is 4.62. The van der Waals surface area contributed by atoms with Gasteiger partial charge in [0.2, 0.25) is 0 Å². The summed E-state index contributed by atoms with van der Waals surface area (Å²) in [6.45, 7) is 0.0524. The van der Waals surface area contributed by atoms with Crippen LogP contribution in [0.4, 0.5) is 4.79 Å². The molecule has 7 heteroatoms. The zero-order valence-electron chi connectivity index (χ0n) is 11.7. The molecule has 23 heavy (non-hydrogen) atoms. The molecule has 0 N–H and O–H groups in total. The Morgan fingerprint density at radius 3 is 2.39 bits per heavy atom. The van der Waals surface area contributed by atoms with Gasteiger partial charge in [0.1, 0.15) is 0 Å². The first-order valence-electron chi connectivity index (χ1n) is 6.64. The Kier molecular flexibility index (Phi) is 4.71. The molecule has 2 aromatic rings. The maximum Gasteiger partial charge on any atom is 0.293 e. The second-order valence-electron chi connectivity index (χ2n) is 4.75. The second-order valence-corrected chi connectivity index (χ2v) is 6.56. The first-order valence-corrected chi connectivity index (χ1v) is 8.22. The Labute approximate surface area is 147 Å². The minimum absolute atomic E-state index is 0.0524. The lowest BCUT2D eigenvalue weighted by Gasteiger charge is -2.14. The largest absolute Gasteiger partial charge is 0.293 e. The molecule has 0 unspecified atom stereocenters. The summed E-state index contributed by atoms with van der Waals surface area (Å²) in [4.78, 5) is 30.0. The number of thioether (sulfide) groups is 1. The Balaban J connectivity index is 1.86. The molecule has 0 bridgehead atoms. The molecule has 2 heterocycles. The number of halogens is 2. The van der Waals surface area contributed by atoms with E-state index in [4.69, 9.17) is 23.2 Å². The van der Waals surface area contributed by atoms with Crippen LogP contribution in [0.3, 0.4) is 0 Å². The van der Waals surface area contributed by atoms with Crippen molar-refractivity contribution in [3.8, 4) is 0 Å². The smallest absolute Gasteiger partial charge is 0.268 e. The Morgan fingerprint density at radius 1 is 1.09 bits per heavy atom. The Bertz CT molecular complexity index is 789. The van der Waals surface area contributed by atoms with Gasteiger partial charge in [0, 0.05) is 28.0 Å². The van der Waals surface area contributed by atoms with E-state index in [2.05, 4.69) is 4.98 Å². The predicted molar refractivity (Wildman–Crippen MR) is 92.2 cm³/mol. The molecular formula is C16H10Cl2N2O2S. The lowest BCUT2D eigenvalue weighted by molar-refractivity contribution is -0.123. The maximum atomic E-state index is 12.5. The van der Waals surface area contributed by atoms with Gasteiger partial charge in [-0.05, 0) is 47.7 Å². The normalized spacial score (nSPS) is 16.4. The van der Waals surface area contributed by atoms with Gasteiger partial charge >= 0.3 is 0 Å². The van der Waals surface area contributed by atoms with Crippen molar-refractivity contribution >= 4 is 52.2 Å². The fourth-order valence-electron chi connectivity index (χ4n) is 2.09. The van der Waals surface area contributed by atoms with E-state index in [0.717, 1.165) is 22.2 Å². The van der Waals surface area contributed by atoms with Crippen molar-refractivity contribution in [2.24, 2.45) is 0 Å². The highest BCUT2D eigenvalue weighted by Crippen LogP contribution is 2.35. The number of hydrogen-bond donors (Lipinski definition) is 0. The average Bonchev–Trinajstić information content (AvgIpc) is 2.79. The SMILES string of the molecule is O=C1S/C(=C\c2ccncc2)C(=O)N1Cc1c(Cl)cccc1Cl. The quantitative estimate of drug-likeness (QED) is 0.745. The summed E-state index contributed by atoms with van der Waals surface area (Å²) < 4.78 is 0. The molecule has 3 rings (SSSR count). The molecular weight excluding hydrogens is 355 g/mol. The lowest BCUT2D eigenvalue weighted by Crippen LogP contribution is -2.27. The summed E-state index contributed by atoms with van der Waals surface area (Å²) in [5, 5.41) is 0.510. The first-order chi connectivity index (χ1) is 11.1. The van der Waals surface area contributed by atoms with Crippen molar-refractivity contribution in [3.63, 3.8) is 0 Å². The van der Waals surface area contributed by atoms with Crippen LogP contribution in [0, 0.1) is 0 Å². The van der Waals surface area contributed by atoms with Gasteiger partial charge in [0.25, 0.3) is 11.1 Å². The monoisotopic (exact) mass is 364 g/mol. The Morgan fingerprint density at radius 2 is 1.74 bits per heavy atom. The third-order valence-corrected chi connectivity index (χ3v) is 4.87. The van der Waals surface area contributed by atoms with Crippen molar-refractivity contribution in [2.45, 2.75) is 6.54 Å². The van der Waals surface area contributed by atoms with E-state index >= 15 is 0 Å². The first kappa shape index (κ1) is 16.1. The molecule has 1 fully saturated rings. The second kappa shape index (κ2) is 6.74. The van der Waals surface area contributed by atoms with Crippen LogP contribution < -0.4 is 0 Å². The molecule has 1 aliphatic heterocycles. The molecule has 0 spiro atoms. The van der Waals surface area contributed by atoms with E-state index in [-0.39, 0.29) is 17.7 Å². The number of hydrogen-bond acceptors (Lipinski definition) is 4. The highest BCUT2D eigenvalue weighted by molar-refractivity contribution is 8.18. The van der Waals surface area contributed by atoms with Crippen LogP contribution in [0.1, 0.15) is 11.1 Å². The number of aromatic nitrogens is 1. The van der Waals surface area contributed by atoms with Gasteiger partial charge in [-0.2, -0.15) is 0 Å². The van der Waals surface area contributed by atoms with Crippen LogP contribution in [-0.2, 0) is 11.3 Å². The van der Waals surface area contributed by atoms with Crippen molar-refractivity contribution < 1.29 is 9.59 Å². The van der Waals surface area contributed by atoms with Gasteiger partial charge in [0.15, 0.2) is 0 Å². The van der Waals surface area contributed by atoms with Crippen LogP contribution in [0.15, 0.2) is 47.6 Å². The summed E-state index contributed by atoms with van der Waals surface area (Å²) in [5.41, 5.74) is 1.37. The van der Waals surface area contributed by atoms with Crippen LogP contribution in [-0.4, -0.2) is 21.0 Å². The summed E-state index contributed by atoms with van der Waals surface area (Å²) in [6, 6.07) is 8.59. The third-order valence-electron chi connectivity index (χ3n) is 3.26.